The summed E-state index contributed by atoms with van der Waals surface area (Å²) in [6.45, 7) is 12.4. The van der Waals surface area contributed by atoms with Crippen molar-refractivity contribution in [2.45, 2.75) is 38.4 Å². The Labute approximate surface area is 188 Å². The van der Waals surface area contributed by atoms with Crippen LogP contribution in [-0.4, -0.2) is 66.5 Å². The van der Waals surface area contributed by atoms with Crippen LogP contribution in [0.25, 0.3) is 15.7 Å². The lowest BCUT2D eigenvalue weighted by Gasteiger charge is -2.39. The number of fused-ring (bicyclic) bond motifs is 1. The van der Waals surface area contributed by atoms with Crippen molar-refractivity contribution in [3.05, 3.63) is 41.9 Å². The maximum Gasteiger partial charge on any atom is 0.231 e. The number of benzene rings is 1. The first-order valence-corrected chi connectivity index (χ1v) is 11.1. The molecule has 0 saturated carbocycles. The van der Waals surface area contributed by atoms with Gasteiger partial charge in [-0.15, -0.1) is 0 Å². The SMILES string of the molecule is [C-]#[N+]c1ccc(N2C[C@@H](C)O[C@@H](C(=O)CC3CCN(CC(N)=O)CC3)C2)c2cccnc12. The summed E-state index contributed by atoms with van der Waals surface area (Å²) in [5.41, 5.74) is 7.48. The Bertz CT molecular complexity index is 1040. The number of pyridine rings is 1. The molecule has 1 aromatic carbocycles. The lowest BCUT2D eigenvalue weighted by molar-refractivity contribution is -0.136. The number of ketones is 1. The van der Waals surface area contributed by atoms with Crippen LogP contribution in [0.4, 0.5) is 11.4 Å². The van der Waals surface area contributed by atoms with Gasteiger partial charge in [-0.3, -0.25) is 19.5 Å². The van der Waals surface area contributed by atoms with Crippen LogP contribution in [0, 0.1) is 12.5 Å². The molecule has 168 valence electrons. The molecule has 0 radical (unpaired) electrons. The average molecular weight is 436 g/mol. The second kappa shape index (κ2) is 9.63. The number of rotatable bonds is 6. The van der Waals surface area contributed by atoms with Crippen LogP contribution in [0.5, 0.6) is 0 Å². The number of primary amides is 1. The summed E-state index contributed by atoms with van der Waals surface area (Å²) >= 11 is 0. The number of ether oxygens (including phenoxy) is 1. The quantitative estimate of drug-likeness (QED) is 0.701. The Morgan fingerprint density at radius 1 is 1.25 bits per heavy atom. The van der Waals surface area contributed by atoms with Crippen molar-refractivity contribution in [3.63, 3.8) is 0 Å². The van der Waals surface area contributed by atoms with E-state index < -0.39 is 6.10 Å². The molecule has 2 atom stereocenters. The number of carbonyl (C=O) groups is 2. The van der Waals surface area contributed by atoms with E-state index in [2.05, 4.69) is 19.6 Å². The lowest BCUT2D eigenvalue weighted by Crippen LogP contribution is -2.50. The number of likely N-dealkylation sites (tertiary alicyclic amines) is 1. The molecule has 0 aliphatic carbocycles. The van der Waals surface area contributed by atoms with Crippen LogP contribution in [0.3, 0.4) is 0 Å². The number of hydrogen-bond acceptors (Lipinski definition) is 6. The fourth-order valence-corrected chi connectivity index (χ4v) is 4.82. The van der Waals surface area contributed by atoms with Gasteiger partial charge in [0.1, 0.15) is 6.10 Å². The molecular formula is C24H29N5O3. The molecule has 1 aromatic heterocycles. The molecule has 2 aromatic rings. The van der Waals surface area contributed by atoms with E-state index in [4.69, 9.17) is 17.0 Å². The molecule has 2 aliphatic rings. The second-order valence-electron chi connectivity index (χ2n) is 8.81. The molecule has 8 heteroatoms. The number of nitrogens with zero attached hydrogens (tertiary/aromatic N) is 4. The molecule has 2 fully saturated rings. The summed E-state index contributed by atoms with van der Waals surface area (Å²) in [4.78, 5) is 36.5. The lowest BCUT2D eigenvalue weighted by atomic mass is 9.90. The van der Waals surface area contributed by atoms with Crippen LogP contribution in [0.1, 0.15) is 26.2 Å². The van der Waals surface area contributed by atoms with E-state index in [1.807, 2.05) is 25.1 Å². The molecular weight excluding hydrogens is 406 g/mol. The number of hydrogen-bond donors (Lipinski definition) is 1. The first kappa shape index (κ1) is 22.2. The third kappa shape index (κ3) is 4.90. The van der Waals surface area contributed by atoms with Crippen LogP contribution < -0.4 is 10.6 Å². The fraction of sp³-hybridized carbons (Fsp3) is 0.500. The number of amides is 1. The van der Waals surface area contributed by atoms with Crippen molar-refractivity contribution >= 4 is 34.0 Å². The fourth-order valence-electron chi connectivity index (χ4n) is 4.82. The van der Waals surface area contributed by atoms with Gasteiger partial charge in [0.25, 0.3) is 0 Å². The van der Waals surface area contributed by atoms with E-state index in [1.165, 1.54) is 0 Å². The van der Waals surface area contributed by atoms with Gasteiger partial charge < -0.3 is 15.4 Å². The predicted octanol–water partition coefficient (Wildman–Crippen LogP) is 2.54. The minimum atomic E-state index is -0.477. The zero-order chi connectivity index (χ0) is 22.7. The molecule has 32 heavy (non-hydrogen) atoms. The number of nitrogens with two attached hydrogens (primary N) is 1. The van der Waals surface area contributed by atoms with Gasteiger partial charge in [0.2, 0.25) is 11.6 Å². The number of carbonyl (C=O) groups excluding carboxylic acids is 2. The average Bonchev–Trinajstić information content (AvgIpc) is 2.78. The molecule has 0 unspecified atom stereocenters. The summed E-state index contributed by atoms with van der Waals surface area (Å²) in [5, 5.41) is 0.920. The molecule has 0 spiro atoms. The maximum atomic E-state index is 13.1. The number of piperidine rings is 1. The van der Waals surface area contributed by atoms with Gasteiger partial charge in [0.15, 0.2) is 5.78 Å². The number of anilines is 1. The van der Waals surface area contributed by atoms with Crippen molar-refractivity contribution in [1.29, 1.82) is 0 Å². The van der Waals surface area contributed by atoms with E-state index in [0.29, 0.717) is 36.6 Å². The molecule has 2 saturated heterocycles. The third-order valence-electron chi connectivity index (χ3n) is 6.38. The summed E-state index contributed by atoms with van der Waals surface area (Å²) < 4.78 is 6.05. The van der Waals surface area contributed by atoms with Gasteiger partial charge in [-0.1, -0.05) is 12.1 Å². The summed E-state index contributed by atoms with van der Waals surface area (Å²) in [6.07, 6.45) is 3.41. The van der Waals surface area contributed by atoms with E-state index in [9.17, 15) is 9.59 Å². The van der Waals surface area contributed by atoms with E-state index in [0.717, 1.165) is 37.0 Å². The van der Waals surface area contributed by atoms with Crippen molar-refractivity contribution in [3.8, 4) is 0 Å². The highest BCUT2D eigenvalue weighted by molar-refractivity contribution is 6.00. The predicted molar refractivity (Wildman–Crippen MR) is 123 cm³/mol. The van der Waals surface area contributed by atoms with E-state index in [1.54, 1.807) is 12.3 Å². The Hall–Kier alpha value is -3.02. The van der Waals surface area contributed by atoms with Crippen molar-refractivity contribution in [1.82, 2.24) is 9.88 Å². The van der Waals surface area contributed by atoms with Gasteiger partial charge >= 0.3 is 0 Å². The van der Waals surface area contributed by atoms with Crippen LogP contribution >= 0.6 is 0 Å². The molecule has 2 aliphatic heterocycles. The van der Waals surface area contributed by atoms with Gasteiger partial charge in [0, 0.05) is 30.2 Å². The molecule has 8 nitrogen and oxygen atoms in total. The normalized spacial score (nSPS) is 22.6. The molecule has 4 rings (SSSR count). The largest absolute Gasteiger partial charge is 0.369 e. The third-order valence-corrected chi connectivity index (χ3v) is 6.38. The van der Waals surface area contributed by atoms with Crippen molar-refractivity contribution in [2.24, 2.45) is 11.7 Å². The van der Waals surface area contributed by atoms with Crippen molar-refractivity contribution < 1.29 is 14.3 Å². The standard InChI is InChI=1S/C24H29N5O3/c1-16-13-29(20-6-5-19(26-2)24-18(20)4-3-9-27-24)14-22(32-16)21(30)12-17-7-10-28(11-8-17)15-23(25)31/h3-6,9,16-17,22H,7-8,10-15H2,1H3,(H2,25,31)/t16-,22-/m1/s1. The first-order valence-electron chi connectivity index (χ1n) is 11.1. The highest BCUT2D eigenvalue weighted by Gasteiger charge is 2.33. The minimum absolute atomic E-state index is 0.0811. The number of aromatic nitrogens is 1. The van der Waals surface area contributed by atoms with Gasteiger partial charge in [-0.05, 0) is 50.9 Å². The van der Waals surface area contributed by atoms with E-state index in [-0.39, 0.29) is 24.3 Å². The smallest absolute Gasteiger partial charge is 0.231 e. The maximum absolute atomic E-state index is 13.1. The first-order chi connectivity index (χ1) is 15.4. The second-order valence-corrected chi connectivity index (χ2v) is 8.81. The topological polar surface area (TPSA) is 93.1 Å². The van der Waals surface area contributed by atoms with Gasteiger partial charge in [-0.25, -0.2) is 4.85 Å². The monoisotopic (exact) mass is 435 g/mol. The molecule has 3 heterocycles. The van der Waals surface area contributed by atoms with Crippen LogP contribution in [0.2, 0.25) is 0 Å². The number of morpholine rings is 1. The summed E-state index contributed by atoms with van der Waals surface area (Å²) in [5.74, 6) is 0.135. The highest BCUT2D eigenvalue weighted by atomic mass is 16.5. The molecule has 0 bridgehead atoms. The zero-order valence-corrected chi connectivity index (χ0v) is 18.4. The zero-order valence-electron chi connectivity index (χ0n) is 18.4. The Balaban J connectivity index is 1.44. The van der Waals surface area contributed by atoms with Crippen LogP contribution in [0.15, 0.2) is 30.5 Å². The molecule has 2 N–H and O–H groups in total. The van der Waals surface area contributed by atoms with Crippen molar-refractivity contribution in [2.75, 3.05) is 37.6 Å². The Morgan fingerprint density at radius 2 is 2.03 bits per heavy atom. The van der Waals surface area contributed by atoms with Crippen LogP contribution in [-0.2, 0) is 14.3 Å². The number of Topliss-reactive ketones (excluding diaryl/α,β-unsaturated/α-hetero) is 1. The minimum Gasteiger partial charge on any atom is -0.369 e. The Kier molecular flexibility index (Phi) is 6.68. The highest BCUT2D eigenvalue weighted by Crippen LogP contribution is 2.34. The van der Waals surface area contributed by atoms with Gasteiger partial charge in [-0.2, -0.15) is 0 Å². The Morgan fingerprint density at radius 3 is 2.75 bits per heavy atom. The van der Waals surface area contributed by atoms with Gasteiger partial charge in [0.05, 0.1) is 31.3 Å². The van der Waals surface area contributed by atoms with E-state index >= 15 is 0 Å². The summed E-state index contributed by atoms with van der Waals surface area (Å²) in [6, 6.07) is 7.60. The molecule has 1 amide bonds. The summed E-state index contributed by atoms with van der Waals surface area (Å²) in [7, 11) is 0.